The van der Waals surface area contributed by atoms with E-state index in [1.165, 1.54) is 12.8 Å². The maximum atomic E-state index is 13.6. The number of carbonyl (C=O) groups is 2. The zero-order valence-corrected chi connectivity index (χ0v) is 25.9. The fraction of sp³-hybridized carbons (Fsp3) is 0.594. The Bertz CT molecular complexity index is 1310. The average Bonchev–Trinajstić information content (AvgIpc) is 3.45. The van der Waals surface area contributed by atoms with E-state index in [0.29, 0.717) is 50.0 Å². The second-order valence-electron chi connectivity index (χ2n) is 12.9. The molecule has 2 aromatic rings. The molecule has 0 radical (unpaired) electrons. The van der Waals surface area contributed by atoms with Crippen molar-refractivity contribution < 1.29 is 14.3 Å². The molecule has 1 saturated heterocycles. The number of nitrogens with one attached hydrogen (secondary N) is 2. The van der Waals surface area contributed by atoms with E-state index >= 15 is 0 Å². The van der Waals surface area contributed by atoms with Crippen LogP contribution in [0, 0.1) is 26.2 Å². The zero-order valence-electron chi connectivity index (χ0n) is 25.9. The first kappa shape index (κ1) is 30.5. The lowest BCUT2D eigenvalue weighted by Crippen LogP contribution is -2.49. The smallest absolute Gasteiger partial charge is 0.409 e. The quantitative estimate of drug-likeness (QED) is 0.495. The second-order valence-corrected chi connectivity index (χ2v) is 12.9. The minimum absolute atomic E-state index is 0.0796. The molecule has 9 heteroatoms. The third-order valence-electron chi connectivity index (χ3n) is 8.31. The van der Waals surface area contributed by atoms with Crippen molar-refractivity contribution in [1.82, 2.24) is 15.2 Å². The number of aromatic amines is 1. The van der Waals surface area contributed by atoms with Gasteiger partial charge in [0.2, 0.25) is 0 Å². The Morgan fingerprint density at radius 1 is 1.05 bits per heavy atom. The van der Waals surface area contributed by atoms with Crippen molar-refractivity contribution in [3.05, 3.63) is 56.5 Å². The van der Waals surface area contributed by atoms with E-state index in [0.717, 1.165) is 41.0 Å². The van der Waals surface area contributed by atoms with E-state index < -0.39 is 0 Å². The van der Waals surface area contributed by atoms with E-state index in [-0.39, 0.29) is 29.5 Å². The van der Waals surface area contributed by atoms with Crippen LogP contribution >= 0.6 is 0 Å². The highest BCUT2D eigenvalue weighted by molar-refractivity contribution is 5.98. The van der Waals surface area contributed by atoms with Gasteiger partial charge in [0, 0.05) is 74.0 Å². The van der Waals surface area contributed by atoms with E-state index in [2.05, 4.69) is 33.2 Å². The van der Waals surface area contributed by atoms with Crippen molar-refractivity contribution in [1.29, 1.82) is 0 Å². The first-order valence-electron chi connectivity index (χ1n) is 14.9. The predicted octanol–water partition coefficient (Wildman–Crippen LogP) is 4.91. The van der Waals surface area contributed by atoms with Gasteiger partial charge in [-0.1, -0.05) is 33.6 Å². The fourth-order valence-corrected chi connectivity index (χ4v) is 5.84. The molecule has 4 rings (SSSR count). The Kier molecular flexibility index (Phi) is 9.34. The number of rotatable bonds is 7. The number of piperazine rings is 1. The van der Waals surface area contributed by atoms with Crippen LogP contribution in [0.2, 0.25) is 0 Å². The maximum Gasteiger partial charge on any atom is 0.409 e. The van der Waals surface area contributed by atoms with Crippen LogP contribution in [0.3, 0.4) is 0 Å². The molecule has 2 heterocycles. The Morgan fingerprint density at radius 2 is 1.71 bits per heavy atom. The van der Waals surface area contributed by atoms with Crippen LogP contribution in [0.4, 0.5) is 16.2 Å². The molecule has 1 aromatic carbocycles. The number of hydrogen-bond donors (Lipinski definition) is 2. The number of carbonyl (C=O) groups excluding carboxylic acids is 2. The topological polar surface area (TPSA) is 98.0 Å². The second kappa shape index (κ2) is 12.6. The van der Waals surface area contributed by atoms with Crippen LogP contribution in [0.25, 0.3) is 0 Å². The lowest BCUT2D eigenvalue weighted by Gasteiger charge is -2.37. The van der Waals surface area contributed by atoms with Crippen LogP contribution in [-0.4, -0.2) is 67.8 Å². The van der Waals surface area contributed by atoms with Gasteiger partial charge in [0.15, 0.2) is 0 Å². The van der Waals surface area contributed by atoms with Gasteiger partial charge < -0.3 is 29.7 Å². The minimum Gasteiger partial charge on any atom is -0.449 e. The molecule has 1 aliphatic heterocycles. The number of aryl methyl sites for hydroxylation is 2. The van der Waals surface area contributed by atoms with E-state index in [4.69, 9.17) is 4.74 Å². The standard InChI is InChI=1S/C32H47N5O4/c1-21-16-22(2)34-30(39)27(21)19-33-29(38)26-17-25(18-28(23(26)3)35(7)24-10-8-9-11-24)36-12-14-37(15-13-36)31(40)41-20-32(4,5)6/h16-18,24H,8-15,19-20H2,1-7H3,(H,33,38)(H,34,39). The van der Waals surface area contributed by atoms with Crippen LogP contribution in [0.5, 0.6) is 0 Å². The largest absolute Gasteiger partial charge is 0.449 e. The first-order valence-corrected chi connectivity index (χ1v) is 14.9. The lowest BCUT2D eigenvalue weighted by molar-refractivity contribution is 0.0708. The third kappa shape index (κ3) is 7.43. The van der Waals surface area contributed by atoms with Gasteiger partial charge in [0.25, 0.3) is 11.5 Å². The van der Waals surface area contributed by atoms with Crippen molar-refractivity contribution in [2.24, 2.45) is 5.41 Å². The van der Waals surface area contributed by atoms with Gasteiger partial charge in [-0.05, 0) is 68.4 Å². The zero-order chi connectivity index (χ0) is 29.9. The summed E-state index contributed by atoms with van der Waals surface area (Å²) in [6.07, 6.45) is 4.46. The summed E-state index contributed by atoms with van der Waals surface area (Å²) in [4.78, 5) is 47.9. The molecule has 0 unspecified atom stereocenters. The number of nitrogens with zero attached hydrogens (tertiary/aromatic N) is 3. The summed E-state index contributed by atoms with van der Waals surface area (Å²) in [5, 5.41) is 3.01. The van der Waals surface area contributed by atoms with Gasteiger partial charge in [-0.3, -0.25) is 9.59 Å². The van der Waals surface area contributed by atoms with Gasteiger partial charge in [-0.2, -0.15) is 0 Å². The van der Waals surface area contributed by atoms with Gasteiger partial charge in [-0.15, -0.1) is 0 Å². The minimum atomic E-state index is -0.272. The molecule has 9 nitrogen and oxygen atoms in total. The predicted molar refractivity (Wildman–Crippen MR) is 164 cm³/mol. The molecule has 1 aromatic heterocycles. The summed E-state index contributed by atoms with van der Waals surface area (Å²) in [7, 11) is 2.13. The number of aromatic nitrogens is 1. The molecular weight excluding hydrogens is 518 g/mol. The van der Waals surface area contributed by atoms with E-state index in [1.54, 1.807) is 4.90 Å². The molecule has 2 amide bonds. The third-order valence-corrected chi connectivity index (χ3v) is 8.31. The van der Waals surface area contributed by atoms with Crippen LogP contribution in [0.15, 0.2) is 23.0 Å². The SMILES string of the molecule is Cc1cc(C)c(CNC(=O)c2cc(N3CCN(C(=O)OCC(C)(C)C)CC3)cc(N(C)C3CCCC3)c2C)c(=O)[nH]1. The molecule has 1 aliphatic carbocycles. The monoisotopic (exact) mass is 565 g/mol. The summed E-state index contributed by atoms with van der Waals surface area (Å²) in [5.74, 6) is -0.200. The summed E-state index contributed by atoms with van der Waals surface area (Å²) in [6.45, 7) is 14.8. The summed E-state index contributed by atoms with van der Waals surface area (Å²) < 4.78 is 5.53. The first-order chi connectivity index (χ1) is 19.3. The molecule has 41 heavy (non-hydrogen) atoms. The van der Waals surface area contributed by atoms with Gasteiger partial charge in [0.05, 0.1) is 6.61 Å². The molecule has 2 N–H and O–H groups in total. The molecule has 224 valence electrons. The summed E-state index contributed by atoms with van der Waals surface area (Å²) in [5.41, 5.74) is 5.53. The number of H-pyrrole nitrogens is 1. The van der Waals surface area contributed by atoms with Gasteiger partial charge >= 0.3 is 6.09 Å². The number of pyridine rings is 1. The number of amides is 2. The van der Waals surface area contributed by atoms with E-state index in [9.17, 15) is 14.4 Å². The molecule has 2 fully saturated rings. The van der Waals surface area contributed by atoms with Crippen LogP contribution in [0.1, 0.15) is 79.2 Å². The average molecular weight is 566 g/mol. The lowest BCUT2D eigenvalue weighted by atomic mass is 9.99. The van der Waals surface area contributed by atoms with Crippen molar-refractivity contribution in [2.45, 2.75) is 79.8 Å². The maximum absolute atomic E-state index is 13.6. The van der Waals surface area contributed by atoms with Gasteiger partial charge in [0.1, 0.15) is 0 Å². The van der Waals surface area contributed by atoms with Crippen LogP contribution < -0.4 is 20.7 Å². The highest BCUT2D eigenvalue weighted by Crippen LogP contribution is 2.34. The Labute approximate surface area is 244 Å². The summed E-state index contributed by atoms with van der Waals surface area (Å²) in [6, 6.07) is 6.51. The fourth-order valence-electron chi connectivity index (χ4n) is 5.84. The van der Waals surface area contributed by atoms with Crippen molar-refractivity contribution in [3.8, 4) is 0 Å². The molecule has 0 bridgehead atoms. The Balaban J connectivity index is 1.55. The normalized spacial score (nSPS) is 16.2. The molecule has 0 spiro atoms. The molecule has 0 atom stereocenters. The molecule has 2 aliphatic rings. The number of ether oxygens (including phenoxy) is 1. The molecular formula is C32H47N5O4. The number of benzene rings is 1. The highest BCUT2D eigenvalue weighted by Gasteiger charge is 2.28. The number of hydrogen-bond acceptors (Lipinski definition) is 6. The van der Waals surface area contributed by atoms with Crippen molar-refractivity contribution in [3.63, 3.8) is 0 Å². The summed E-state index contributed by atoms with van der Waals surface area (Å²) >= 11 is 0. The van der Waals surface area contributed by atoms with Crippen molar-refractivity contribution in [2.75, 3.05) is 49.6 Å². The van der Waals surface area contributed by atoms with E-state index in [1.807, 2.05) is 53.7 Å². The van der Waals surface area contributed by atoms with Crippen molar-refractivity contribution >= 4 is 23.4 Å². The van der Waals surface area contributed by atoms with Crippen LogP contribution in [-0.2, 0) is 11.3 Å². The number of anilines is 2. The van der Waals surface area contributed by atoms with Gasteiger partial charge in [-0.25, -0.2) is 4.79 Å². The Morgan fingerprint density at radius 3 is 2.32 bits per heavy atom. The Hall–Kier alpha value is -3.49. The molecule has 1 saturated carbocycles. The highest BCUT2D eigenvalue weighted by atomic mass is 16.6.